The van der Waals surface area contributed by atoms with Crippen LogP contribution in [-0.4, -0.2) is 36.9 Å². The Morgan fingerprint density at radius 1 is 1.39 bits per heavy atom. The van der Waals surface area contributed by atoms with E-state index >= 15 is 0 Å². The van der Waals surface area contributed by atoms with Gasteiger partial charge in [-0.15, -0.1) is 0 Å². The van der Waals surface area contributed by atoms with Gasteiger partial charge in [0, 0.05) is 13.3 Å². The zero-order valence-corrected chi connectivity index (χ0v) is 12.3. The first-order valence-corrected chi connectivity index (χ1v) is 6.66. The van der Waals surface area contributed by atoms with E-state index in [1.807, 2.05) is 13.3 Å². The minimum Gasteiger partial charge on any atom is -0.467 e. The minimum absolute atomic E-state index is 0.157. The highest BCUT2D eigenvalue weighted by Gasteiger charge is 2.45. The number of methoxy groups -OCH3 is 1. The van der Waals surface area contributed by atoms with Gasteiger partial charge >= 0.3 is 5.97 Å². The van der Waals surface area contributed by atoms with Gasteiger partial charge in [0.25, 0.3) is 0 Å². The molecule has 0 bridgehead atoms. The molecular formula is C14H26N2O2. The van der Waals surface area contributed by atoms with Crippen LogP contribution < -0.4 is 0 Å². The van der Waals surface area contributed by atoms with Crippen LogP contribution in [0.2, 0.25) is 0 Å². The normalized spacial score (nSPS) is 19.2. The maximum atomic E-state index is 12.0. The Hall–Kier alpha value is -1.06. The molecule has 0 aromatic heterocycles. The van der Waals surface area contributed by atoms with Gasteiger partial charge in [0.15, 0.2) is 5.54 Å². The summed E-state index contributed by atoms with van der Waals surface area (Å²) in [4.78, 5) is 12.0. The second kappa shape index (κ2) is 5.72. The van der Waals surface area contributed by atoms with Crippen LogP contribution in [0, 0.1) is 5.41 Å². The molecule has 1 saturated carbocycles. The summed E-state index contributed by atoms with van der Waals surface area (Å²) in [6, 6.07) is 0. The molecule has 4 heteroatoms. The quantitative estimate of drug-likeness (QED) is 0.440. The molecule has 0 aromatic carbocycles. The Morgan fingerprint density at radius 2 is 1.94 bits per heavy atom. The van der Waals surface area contributed by atoms with E-state index in [0.29, 0.717) is 0 Å². The first-order valence-electron chi connectivity index (χ1n) is 6.66. The minimum atomic E-state index is -0.539. The van der Waals surface area contributed by atoms with Gasteiger partial charge in [-0.2, -0.15) is 5.10 Å². The van der Waals surface area contributed by atoms with Crippen molar-refractivity contribution in [3.05, 3.63) is 0 Å². The van der Waals surface area contributed by atoms with Crippen molar-refractivity contribution in [1.29, 1.82) is 0 Å². The second-order valence-corrected chi connectivity index (χ2v) is 6.32. The van der Waals surface area contributed by atoms with Crippen LogP contribution in [0.1, 0.15) is 52.9 Å². The number of likely N-dealkylation sites (N-methyl/N-ethyl adjacent to an activating group) is 1. The third kappa shape index (κ3) is 3.47. The number of rotatable bonds is 4. The largest absolute Gasteiger partial charge is 0.467 e. The van der Waals surface area contributed by atoms with Gasteiger partial charge in [-0.1, -0.05) is 33.6 Å². The molecular weight excluding hydrogens is 228 g/mol. The summed E-state index contributed by atoms with van der Waals surface area (Å²) >= 11 is 0. The van der Waals surface area contributed by atoms with E-state index in [0.717, 1.165) is 32.1 Å². The Bertz CT molecular complexity index is 312. The van der Waals surface area contributed by atoms with Crippen LogP contribution in [0.3, 0.4) is 0 Å². The van der Waals surface area contributed by atoms with E-state index in [4.69, 9.17) is 4.74 Å². The molecule has 1 fully saturated rings. The molecule has 18 heavy (non-hydrogen) atoms. The van der Waals surface area contributed by atoms with Crippen LogP contribution in [-0.2, 0) is 9.53 Å². The van der Waals surface area contributed by atoms with E-state index in [1.165, 1.54) is 7.11 Å². The smallest absolute Gasteiger partial charge is 0.333 e. The summed E-state index contributed by atoms with van der Waals surface area (Å²) in [6.45, 7) is 6.51. The average Bonchev–Trinajstić information content (AvgIpc) is 2.76. The molecule has 0 aliphatic heterocycles. The molecule has 0 aromatic rings. The van der Waals surface area contributed by atoms with E-state index in [2.05, 4.69) is 25.9 Å². The van der Waals surface area contributed by atoms with Gasteiger partial charge in [-0.25, -0.2) is 4.79 Å². The maximum absolute atomic E-state index is 12.0. The van der Waals surface area contributed by atoms with Gasteiger partial charge in [0.1, 0.15) is 0 Å². The SMILES string of the molecule is COC(=O)C1(N(C)N=CCC(C)(C)C)CCCC1. The van der Waals surface area contributed by atoms with E-state index in [1.54, 1.807) is 5.01 Å². The van der Waals surface area contributed by atoms with Crippen molar-refractivity contribution < 1.29 is 9.53 Å². The third-order valence-electron chi connectivity index (χ3n) is 3.57. The Labute approximate surface area is 110 Å². The molecule has 1 rings (SSSR count). The highest BCUT2D eigenvalue weighted by Crippen LogP contribution is 2.35. The van der Waals surface area contributed by atoms with Crippen molar-refractivity contribution in [2.75, 3.05) is 14.2 Å². The van der Waals surface area contributed by atoms with Gasteiger partial charge in [0.2, 0.25) is 0 Å². The lowest BCUT2D eigenvalue weighted by Crippen LogP contribution is -2.49. The molecule has 0 amide bonds. The number of hydrogen-bond donors (Lipinski definition) is 0. The third-order valence-corrected chi connectivity index (χ3v) is 3.57. The van der Waals surface area contributed by atoms with Crippen LogP contribution >= 0.6 is 0 Å². The zero-order valence-electron chi connectivity index (χ0n) is 12.3. The zero-order chi connectivity index (χ0) is 13.8. The monoisotopic (exact) mass is 254 g/mol. The lowest BCUT2D eigenvalue weighted by atomic mass is 9.93. The molecule has 0 radical (unpaired) electrons. The average molecular weight is 254 g/mol. The number of hydrogen-bond acceptors (Lipinski definition) is 4. The van der Waals surface area contributed by atoms with E-state index in [-0.39, 0.29) is 11.4 Å². The fourth-order valence-corrected chi connectivity index (χ4v) is 2.36. The lowest BCUT2D eigenvalue weighted by Gasteiger charge is -2.33. The van der Waals surface area contributed by atoms with Gasteiger partial charge in [-0.3, -0.25) is 5.01 Å². The molecule has 0 heterocycles. The molecule has 104 valence electrons. The Kier molecular flexibility index (Phi) is 4.77. The maximum Gasteiger partial charge on any atom is 0.333 e. The molecule has 1 aliphatic rings. The summed E-state index contributed by atoms with van der Waals surface area (Å²) in [5, 5.41) is 6.24. The van der Waals surface area contributed by atoms with Crippen LogP contribution in [0.4, 0.5) is 0 Å². The fraction of sp³-hybridized carbons (Fsp3) is 0.857. The highest BCUT2D eigenvalue weighted by atomic mass is 16.5. The summed E-state index contributed by atoms with van der Waals surface area (Å²) in [6.07, 6.45) is 6.60. The van der Waals surface area contributed by atoms with Crippen LogP contribution in [0.15, 0.2) is 5.10 Å². The highest BCUT2D eigenvalue weighted by molar-refractivity contribution is 5.81. The molecule has 0 N–H and O–H groups in total. The molecule has 4 nitrogen and oxygen atoms in total. The summed E-state index contributed by atoms with van der Waals surface area (Å²) in [7, 11) is 3.33. The summed E-state index contributed by atoms with van der Waals surface area (Å²) in [5.41, 5.74) is -0.318. The van der Waals surface area contributed by atoms with E-state index < -0.39 is 5.54 Å². The van der Waals surface area contributed by atoms with Crippen molar-refractivity contribution in [1.82, 2.24) is 5.01 Å². The Balaban J connectivity index is 2.72. The van der Waals surface area contributed by atoms with Crippen molar-refractivity contribution in [3.8, 4) is 0 Å². The van der Waals surface area contributed by atoms with Crippen molar-refractivity contribution in [2.24, 2.45) is 10.5 Å². The number of nitrogens with zero attached hydrogens (tertiary/aromatic N) is 2. The first-order chi connectivity index (χ1) is 8.32. The van der Waals surface area contributed by atoms with Crippen molar-refractivity contribution in [2.45, 2.75) is 58.4 Å². The van der Waals surface area contributed by atoms with Gasteiger partial charge in [0.05, 0.1) is 7.11 Å². The number of carbonyl (C=O) groups excluding carboxylic acids is 1. The van der Waals surface area contributed by atoms with Gasteiger partial charge in [-0.05, 0) is 24.7 Å². The van der Waals surface area contributed by atoms with Gasteiger partial charge < -0.3 is 4.74 Å². The second-order valence-electron chi connectivity index (χ2n) is 6.32. The fourth-order valence-electron chi connectivity index (χ4n) is 2.36. The Morgan fingerprint density at radius 3 is 2.39 bits per heavy atom. The van der Waals surface area contributed by atoms with Crippen molar-refractivity contribution >= 4 is 12.2 Å². The standard InChI is InChI=1S/C14H26N2O2/c1-13(2,3)10-11-15-16(4)14(12(17)18-5)8-6-7-9-14/h11H,6-10H2,1-5H3. The summed E-state index contributed by atoms with van der Waals surface area (Å²) < 4.78 is 4.95. The molecule has 0 atom stereocenters. The van der Waals surface area contributed by atoms with Crippen LogP contribution in [0.5, 0.6) is 0 Å². The first kappa shape index (κ1) is 15.0. The lowest BCUT2D eigenvalue weighted by molar-refractivity contribution is -0.154. The van der Waals surface area contributed by atoms with Crippen LogP contribution in [0.25, 0.3) is 0 Å². The topological polar surface area (TPSA) is 41.9 Å². The number of esters is 1. The number of hydrazone groups is 1. The predicted molar refractivity (Wildman–Crippen MR) is 73.5 cm³/mol. The molecule has 1 aliphatic carbocycles. The summed E-state index contributed by atoms with van der Waals surface area (Å²) in [5.74, 6) is -0.157. The van der Waals surface area contributed by atoms with E-state index in [9.17, 15) is 4.79 Å². The number of ether oxygens (including phenoxy) is 1. The van der Waals surface area contributed by atoms with Crippen molar-refractivity contribution in [3.63, 3.8) is 0 Å². The molecule has 0 spiro atoms. The predicted octanol–water partition coefficient (Wildman–Crippen LogP) is 2.83. The molecule has 0 unspecified atom stereocenters. The molecule has 0 saturated heterocycles. The number of carbonyl (C=O) groups is 1.